The molecule has 1 aliphatic heterocycles. The van der Waals surface area contributed by atoms with Gasteiger partial charge in [-0.15, -0.1) is 0 Å². The summed E-state index contributed by atoms with van der Waals surface area (Å²) < 4.78 is 13.7. The molecule has 1 aliphatic rings. The normalized spacial score (nSPS) is 14.5. The van der Waals surface area contributed by atoms with Crippen molar-refractivity contribution in [2.45, 2.75) is 6.92 Å². The van der Waals surface area contributed by atoms with Crippen LogP contribution in [0.25, 0.3) is 16.6 Å². The molecular formula is C21H20BrClN2O3. The largest absolute Gasteiger partial charge is 0.461 e. The SMILES string of the molecule is CCOC(=O)c1c(N2CCOCC2)c2cc(Cl)c(Br)cc2n1-c1ccccc1. The fourth-order valence-electron chi connectivity index (χ4n) is 3.60. The first-order valence-electron chi connectivity index (χ1n) is 9.20. The Kier molecular flexibility index (Phi) is 5.62. The molecule has 5 nitrogen and oxygen atoms in total. The smallest absolute Gasteiger partial charge is 0.357 e. The first-order chi connectivity index (χ1) is 13.6. The average molecular weight is 464 g/mol. The number of benzene rings is 2. The van der Waals surface area contributed by atoms with Crippen LogP contribution in [0.15, 0.2) is 46.9 Å². The van der Waals surface area contributed by atoms with Gasteiger partial charge in [0.1, 0.15) is 0 Å². The quantitative estimate of drug-likeness (QED) is 0.507. The van der Waals surface area contributed by atoms with Gasteiger partial charge in [-0.25, -0.2) is 4.79 Å². The summed E-state index contributed by atoms with van der Waals surface area (Å²) in [6, 6.07) is 13.7. The Morgan fingerprint density at radius 1 is 1.21 bits per heavy atom. The number of nitrogens with zero attached hydrogens (tertiary/aromatic N) is 2. The van der Waals surface area contributed by atoms with Crippen LogP contribution in [0.2, 0.25) is 5.02 Å². The number of hydrogen-bond acceptors (Lipinski definition) is 4. The topological polar surface area (TPSA) is 43.7 Å². The summed E-state index contributed by atoms with van der Waals surface area (Å²) >= 11 is 9.96. The number of hydrogen-bond donors (Lipinski definition) is 0. The molecule has 0 bridgehead atoms. The Bertz CT molecular complexity index is 1010. The molecule has 1 saturated heterocycles. The first kappa shape index (κ1) is 19.3. The van der Waals surface area contributed by atoms with Gasteiger partial charge in [0.25, 0.3) is 0 Å². The highest BCUT2D eigenvalue weighted by Crippen LogP contribution is 2.41. The molecule has 0 unspecified atom stereocenters. The van der Waals surface area contributed by atoms with Gasteiger partial charge in [0.2, 0.25) is 0 Å². The molecule has 2 aromatic carbocycles. The maximum Gasteiger partial charge on any atom is 0.357 e. The van der Waals surface area contributed by atoms with E-state index in [-0.39, 0.29) is 5.97 Å². The van der Waals surface area contributed by atoms with E-state index in [9.17, 15) is 4.79 Å². The minimum absolute atomic E-state index is 0.308. The lowest BCUT2D eigenvalue weighted by molar-refractivity contribution is 0.0517. The van der Waals surface area contributed by atoms with Crippen molar-refractivity contribution in [1.29, 1.82) is 0 Å². The van der Waals surface area contributed by atoms with Gasteiger partial charge < -0.3 is 18.9 Å². The van der Waals surface area contributed by atoms with Gasteiger partial charge in [-0.3, -0.25) is 0 Å². The Morgan fingerprint density at radius 3 is 2.61 bits per heavy atom. The number of aromatic nitrogens is 1. The lowest BCUT2D eigenvalue weighted by Crippen LogP contribution is -2.37. The summed E-state index contributed by atoms with van der Waals surface area (Å²) in [4.78, 5) is 15.3. The molecule has 1 fully saturated rings. The number of para-hydroxylation sites is 1. The number of fused-ring (bicyclic) bond motifs is 1. The van der Waals surface area contributed by atoms with Crippen molar-refractivity contribution in [3.05, 3.63) is 57.7 Å². The molecule has 0 atom stereocenters. The van der Waals surface area contributed by atoms with Crippen LogP contribution in [0.1, 0.15) is 17.4 Å². The van der Waals surface area contributed by atoms with Crippen molar-refractivity contribution in [2.75, 3.05) is 37.8 Å². The van der Waals surface area contributed by atoms with Crippen LogP contribution < -0.4 is 4.90 Å². The Labute approximate surface area is 176 Å². The van der Waals surface area contributed by atoms with Gasteiger partial charge in [0.05, 0.1) is 36.0 Å². The molecule has 0 amide bonds. The third-order valence-electron chi connectivity index (χ3n) is 4.79. The number of esters is 1. The van der Waals surface area contributed by atoms with Gasteiger partial charge in [-0.2, -0.15) is 0 Å². The van der Waals surface area contributed by atoms with E-state index in [1.807, 2.05) is 54.0 Å². The Hall–Kier alpha value is -2.02. The van der Waals surface area contributed by atoms with E-state index in [4.69, 9.17) is 21.1 Å². The molecular weight excluding hydrogens is 444 g/mol. The highest BCUT2D eigenvalue weighted by molar-refractivity contribution is 9.10. The zero-order valence-corrected chi connectivity index (χ0v) is 17.8. The zero-order valence-electron chi connectivity index (χ0n) is 15.5. The average Bonchev–Trinajstić information content (AvgIpc) is 3.04. The van der Waals surface area contributed by atoms with Crippen LogP contribution >= 0.6 is 27.5 Å². The summed E-state index contributed by atoms with van der Waals surface area (Å²) in [6.07, 6.45) is 0. The minimum atomic E-state index is -0.351. The minimum Gasteiger partial charge on any atom is -0.461 e. The second-order valence-electron chi connectivity index (χ2n) is 6.47. The fourth-order valence-corrected chi connectivity index (χ4v) is 4.10. The summed E-state index contributed by atoms with van der Waals surface area (Å²) in [6.45, 7) is 4.76. The predicted octanol–water partition coefficient (Wildman–Crippen LogP) is 5.06. The second kappa shape index (κ2) is 8.15. The first-order valence-corrected chi connectivity index (χ1v) is 10.4. The second-order valence-corrected chi connectivity index (χ2v) is 7.73. The summed E-state index contributed by atoms with van der Waals surface area (Å²) in [5.74, 6) is -0.351. The molecule has 2 heterocycles. The molecule has 28 heavy (non-hydrogen) atoms. The lowest BCUT2D eigenvalue weighted by atomic mass is 10.2. The van der Waals surface area contributed by atoms with Crippen LogP contribution in [0.3, 0.4) is 0 Å². The Balaban J connectivity index is 2.08. The number of carbonyl (C=O) groups excluding carboxylic acids is 1. The molecule has 146 valence electrons. The molecule has 0 radical (unpaired) electrons. The van der Waals surface area contributed by atoms with Crippen molar-refractivity contribution < 1.29 is 14.3 Å². The molecule has 1 aromatic heterocycles. The molecule has 0 aliphatic carbocycles. The monoisotopic (exact) mass is 462 g/mol. The number of carbonyl (C=O) groups is 1. The molecule has 7 heteroatoms. The fraction of sp³-hybridized carbons (Fsp3) is 0.286. The third kappa shape index (κ3) is 3.41. The van der Waals surface area contributed by atoms with Crippen LogP contribution in [0, 0.1) is 0 Å². The zero-order chi connectivity index (χ0) is 19.7. The van der Waals surface area contributed by atoms with E-state index in [1.165, 1.54) is 0 Å². The number of rotatable bonds is 4. The van der Waals surface area contributed by atoms with E-state index in [0.717, 1.165) is 26.8 Å². The van der Waals surface area contributed by atoms with Crippen molar-refractivity contribution >= 4 is 50.1 Å². The number of ether oxygens (including phenoxy) is 2. The highest BCUT2D eigenvalue weighted by atomic mass is 79.9. The number of morpholine rings is 1. The van der Waals surface area contributed by atoms with Crippen LogP contribution in [0.4, 0.5) is 5.69 Å². The molecule has 0 N–H and O–H groups in total. The van der Waals surface area contributed by atoms with Crippen LogP contribution in [-0.4, -0.2) is 43.4 Å². The van der Waals surface area contributed by atoms with E-state index < -0.39 is 0 Å². The van der Waals surface area contributed by atoms with E-state index in [1.54, 1.807) is 0 Å². The maximum atomic E-state index is 13.1. The standard InChI is InChI=1S/C21H20BrClN2O3/c1-2-28-21(26)20-19(24-8-10-27-11-9-24)15-12-17(23)16(22)13-18(15)25(20)14-6-4-3-5-7-14/h3-7,12-13H,2,8-11H2,1H3. The highest BCUT2D eigenvalue weighted by Gasteiger charge is 2.29. The van der Waals surface area contributed by atoms with Crippen molar-refractivity contribution in [2.24, 2.45) is 0 Å². The van der Waals surface area contributed by atoms with Crippen molar-refractivity contribution in [3.8, 4) is 5.69 Å². The van der Waals surface area contributed by atoms with Gasteiger partial charge in [0.15, 0.2) is 5.69 Å². The van der Waals surface area contributed by atoms with Crippen molar-refractivity contribution in [1.82, 2.24) is 4.57 Å². The summed E-state index contributed by atoms with van der Waals surface area (Å²) in [5.41, 5.74) is 3.14. The molecule has 0 saturated carbocycles. The predicted molar refractivity (Wildman–Crippen MR) is 115 cm³/mol. The number of halogens is 2. The van der Waals surface area contributed by atoms with Gasteiger partial charge in [0, 0.05) is 28.6 Å². The van der Waals surface area contributed by atoms with E-state index >= 15 is 0 Å². The number of anilines is 1. The lowest BCUT2D eigenvalue weighted by Gasteiger charge is -2.29. The van der Waals surface area contributed by atoms with E-state index in [2.05, 4.69) is 20.8 Å². The molecule has 3 aromatic rings. The summed E-state index contributed by atoms with van der Waals surface area (Å²) in [7, 11) is 0. The Morgan fingerprint density at radius 2 is 1.93 bits per heavy atom. The summed E-state index contributed by atoms with van der Waals surface area (Å²) in [5, 5.41) is 1.52. The van der Waals surface area contributed by atoms with E-state index in [0.29, 0.717) is 43.6 Å². The molecule has 4 rings (SSSR count). The molecule has 0 spiro atoms. The maximum absolute atomic E-state index is 13.1. The third-order valence-corrected chi connectivity index (χ3v) is 5.99. The van der Waals surface area contributed by atoms with Gasteiger partial charge in [-0.05, 0) is 47.1 Å². The van der Waals surface area contributed by atoms with Crippen LogP contribution in [-0.2, 0) is 9.47 Å². The van der Waals surface area contributed by atoms with Gasteiger partial charge >= 0.3 is 5.97 Å². The van der Waals surface area contributed by atoms with Gasteiger partial charge in [-0.1, -0.05) is 29.8 Å². The van der Waals surface area contributed by atoms with Crippen molar-refractivity contribution in [3.63, 3.8) is 0 Å². The van der Waals surface area contributed by atoms with Crippen LogP contribution in [0.5, 0.6) is 0 Å².